The van der Waals surface area contributed by atoms with E-state index in [2.05, 4.69) is 0 Å². The molecular formula is C13H10ClF2NOS. The average Bonchev–Trinajstić information content (AvgIpc) is 2.72. The molecule has 2 aromatic rings. The van der Waals surface area contributed by atoms with Gasteiger partial charge in [0.1, 0.15) is 11.6 Å². The highest BCUT2D eigenvalue weighted by atomic mass is 35.5. The van der Waals surface area contributed by atoms with Crippen LogP contribution in [0.25, 0.3) is 0 Å². The minimum absolute atomic E-state index is 0.0114. The number of halogens is 3. The van der Waals surface area contributed by atoms with Gasteiger partial charge in [-0.15, -0.1) is 11.3 Å². The third kappa shape index (κ3) is 3.52. The Morgan fingerprint density at radius 1 is 1.26 bits per heavy atom. The van der Waals surface area contributed by atoms with Crippen LogP contribution in [-0.2, 0) is 6.54 Å². The van der Waals surface area contributed by atoms with Crippen molar-refractivity contribution in [3.8, 4) is 0 Å². The van der Waals surface area contributed by atoms with E-state index in [4.69, 9.17) is 11.6 Å². The number of carbonyl (C=O) groups is 1. The molecule has 0 bridgehead atoms. The SMILES string of the molecule is CN(Cc1ccc(Cl)s1)C(=O)c1cc(F)cc(F)c1. The van der Waals surface area contributed by atoms with Crippen LogP contribution in [0, 0.1) is 11.6 Å². The van der Waals surface area contributed by atoms with E-state index in [-0.39, 0.29) is 5.56 Å². The minimum atomic E-state index is -0.768. The number of nitrogens with zero attached hydrogens (tertiary/aromatic N) is 1. The summed E-state index contributed by atoms with van der Waals surface area (Å²) >= 11 is 7.16. The van der Waals surface area contributed by atoms with Gasteiger partial charge in [-0.1, -0.05) is 11.6 Å². The molecule has 0 aliphatic rings. The second-order valence-electron chi connectivity index (χ2n) is 4.03. The number of rotatable bonds is 3. The van der Waals surface area contributed by atoms with Gasteiger partial charge in [-0.05, 0) is 24.3 Å². The van der Waals surface area contributed by atoms with Crippen molar-refractivity contribution in [3.63, 3.8) is 0 Å². The first-order chi connectivity index (χ1) is 8.95. The molecule has 0 aliphatic heterocycles. The van der Waals surface area contributed by atoms with Crippen LogP contribution in [0.3, 0.4) is 0 Å². The summed E-state index contributed by atoms with van der Waals surface area (Å²) in [5, 5.41) is 0. The lowest BCUT2D eigenvalue weighted by Gasteiger charge is -2.16. The Labute approximate surface area is 118 Å². The van der Waals surface area contributed by atoms with Gasteiger partial charge in [-0.25, -0.2) is 8.78 Å². The van der Waals surface area contributed by atoms with Gasteiger partial charge in [0.25, 0.3) is 5.91 Å². The predicted molar refractivity (Wildman–Crippen MR) is 71.5 cm³/mol. The van der Waals surface area contributed by atoms with Gasteiger partial charge in [-0.2, -0.15) is 0 Å². The highest BCUT2D eigenvalue weighted by Gasteiger charge is 2.15. The number of carbonyl (C=O) groups excluding carboxylic acids is 1. The van der Waals surface area contributed by atoms with E-state index in [1.165, 1.54) is 16.2 Å². The summed E-state index contributed by atoms with van der Waals surface area (Å²) in [5.74, 6) is -1.98. The van der Waals surface area contributed by atoms with Gasteiger partial charge in [0, 0.05) is 23.6 Å². The second kappa shape index (κ2) is 5.67. The number of benzene rings is 1. The molecular weight excluding hydrogens is 292 g/mol. The molecule has 0 spiro atoms. The summed E-state index contributed by atoms with van der Waals surface area (Å²) in [6.45, 7) is 0.342. The van der Waals surface area contributed by atoms with Gasteiger partial charge < -0.3 is 4.90 Å². The van der Waals surface area contributed by atoms with Crippen molar-refractivity contribution >= 4 is 28.8 Å². The van der Waals surface area contributed by atoms with Crippen LogP contribution in [0.2, 0.25) is 4.34 Å². The van der Waals surface area contributed by atoms with Gasteiger partial charge >= 0.3 is 0 Å². The van der Waals surface area contributed by atoms with E-state index in [9.17, 15) is 13.6 Å². The highest BCUT2D eigenvalue weighted by molar-refractivity contribution is 7.16. The van der Waals surface area contributed by atoms with E-state index in [0.29, 0.717) is 10.9 Å². The molecule has 0 saturated carbocycles. The molecule has 0 saturated heterocycles. The zero-order valence-corrected chi connectivity index (χ0v) is 11.6. The van der Waals surface area contributed by atoms with Crippen molar-refractivity contribution in [2.45, 2.75) is 6.54 Å². The summed E-state index contributed by atoms with van der Waals surface area (Å²) in [7, 11) is 1.57. The van der Waals surface area contributed by atoms with Crippen molar-refractivity contribution in [1.29, 1.82) is 0 Å². The lowest BCUT2D eigenvalue weighted by atomic mass is 10.2. The predicted octanol–water partition coefficient (Wildman–Crippen LogP) is 3.95. The molecule has 19 heavy (non-hydrogen) atoms. The molecule has 0 fully saturated rings. The maximum atomic E-state index is 13.1. The third-order valence-corrected chi connectivity index (χ3v) is 3.69. The Morgan fingerprint density at radius 2 is 1.89 bits per heavy atom. The monoisotopic (exact) mass is 301 g/mol. The Hall–Kier alpha value is -1.46. The zero-order chi connectivity index (χ0) is 14.0. The van der Waals surface area contributed by atoms with E-state index >= 15 is 0 Å². The first-order valence-electron chi connectivity index (χ1n) is 5.41. The third-order valence-electron chi connectivity index (χ3n) is 2.48. The fraction of sp³-hybridized carbons (Fsp3) is 0.154. The van der Waals surface area contributed by atoms with Crippen LogP contribution in [0.15, 0.2) is 30.3 Å². The summed E-state index contributed by atoms with van der Waals surface area (Å²) in [6, 6.07) is 6.31. The van der Waals surface area contributed by atoms with E-state index < -0.39 is 17.5 Å². The number of amides is 1. The summed E-state index contributed by atoms with van der Waals surface area (Å²) < 4.78 is 26.7. The topological polar surface area (TPSA) is 20.3 Å². The van der Waals surface area contributed by atoms with E-state index in [1.54, 1.807) is 13.1 Å². The largest absolute Gasteiger partial charge is 0.337 e. The van der Waals surface area contributed by atoms with Crippen molar-refractivity contribution in [2.75, 3.05) is 7.05 Å². The van der Waals surface area contributed by atoms with Gasteiger partial charge in [-0.3, -0.25) is 4.79 Å². The Balaban J connectivity index is 2.14. The van der Waals surface area contributed by atoms with Crippen LogP contribution in [0.5, 0.6) is 0 Å². The zero-order valence-electron chi connectivity index (χ0n) is 9.99. The Morgan fingerprint density at radius 3 is 2.42 bits per heavy atom. The molecule has 100 valence electrons. The maximum Gasteiger partial charge on any atom is 0.254 e. The summed E-state index contributed by atoms with van der Waals surface area (Å²) in [4.78, 5) is 14.3. The van der Waals surface area contributed by atoms with Crippen molar-refractivity contribution < 1.29 is 13.6 Å². The Bertz CT molecular complexity index is 594. The first-order valence-corrected chi connectivity index (χ1v) is 6.61. The van der Waals surface area contributed by atoms with Crippen LogP contribution in [0.4, 0.5) is 8.78 Å². The normalized spacial score (nSPS) is 10.5. The fourth-order valence-corrected chi connectivity index (χ4v) is 2.78. The van der Waals surface area contributed by atoms with Crippen LogP contribution >= 0.6 is 22.9 Å². The molecule has 1 amide bonds. The average molecular weight is 302 g/mol. The molecule has 0 atom stereocenters. The quantitative estimate of drug-likeness (QED) is 0.840. The standard InChI is InChI=1S/C13H10ClF2NOS/c1-17(7-11-2-3-12(14)19-11)13(18)8-4-9(15)6-10(16)5-8/h2-6H,7H2,1H3. The molecule has 1 aromatic heterocycles. The molecule has 0 unspecified atom stereocenters. The summed E-state index contributed by atoms with van der Waals surface area (Å²) in [6.07, 6.45) is 0. The fourth-order valence-electron chi connectivity index (χ4n) is 1.64. The lowest BCUT2D eigenvalue weighted by molar-refractivity contribution is 0.0785. The van der Waals surface area contributed by atoms with Crippen molar-refractivity contribution in [2.24, 2.45) is 0 Å². The molecule has 0 radical (unpaired) electrons. The highest BCUT2D eigenvalue weighted by Crippen LogP contribution is 2.23. The van der Waals surface area contributed by atoms with Crippen LogP contribution < -0.4 is 0 Å². The van der Waals surface area contributed by atoms with Crippen LogP contribution in [0.1, 0.15) is 15.2 Å². The van der Waals surface area contributed by atoms with Gasteiger partial charge in [0.2, 0.25) is 0 Å². The molecule has 1 aromatic carbocycles. The number of thiophene rings is 1. The Kier molecular flexibility index (Phi) is 4.17. The second-order valence-corrected chi connectivity index (χ2v) is 5.82. The molecule has 0 aliphatic carbocycles. The van der Waals surface area contributed by atoms with Crippen LogP contribution in [-0.4, -0.2) is 17.9 Å². The first kappa shape index (κ1) is 14.0. The molecule has 1 heterocycles. The van der Waals surface area contributed by atoms with E-state index in [1.807, 2.05) is 6.07 Å². The number of hydrogen-bond donors (Lipinski definition) is 0. The van der Waals surface area contributed by atoms with Gasteiger partial charge in [0.05, 0.1) is 10.9 Å². The molecule has 2 rings (SSSR count). The van der Waals surface area contributed by atoms with E-state index in [0.717, 1.165) is 23.1 Å². The maximum absolute atomic E-state index is 13.1. The van der Waals surface area contributed by atoms with Gasteiger partial charge in [0.15, 0.2) is 0 Å². The van der Waals surface area contributed by atoms with Crippen molar-refractivity contribution in [3.05, 3.63) is 56.7 Å². The molecule has 6 heteroatoms. The number of hydrogen-bond acceptors (Lipinski definition) is 2. The molecule has 2 nitrogen and oxygen atoms in total. The van der Waals surface area contributed by atoms with Crippen molar-refractivity contribution in [1.82, 2.24) is 4.90 Å². The molecule has 0 N–H and O–H groups in total. The smallest absolute Gasteiger partial charge is 0.254 e. The lowest BCUT2D eigenvalue weighted by Crippen LogP contribution is -2.26. The summed E-state index contributed by atoms with van der Waals surface area (Å²) in [5.41, 5.74) is -0.0114. The minimum Gasteiger partial charge on any atom is -0.337 e.